The summed E-state index contributed by atoms with van der Waals surface area (Å²) in [6.07, 6.45) is 1.69. The SMILES string of the molecule is CCNCc1cccc(-c2occc2Br)c1. The van der Waals surface area contributed by atoms with E-state index in [0.717, 1.165) is 28.9 Å². The molecule has 2 nitrogen and oxygen atoms in total. The normalized spacial score (nSPS) is 10.6. The van der Waals surface area contributed by atoms with Crippen LogP contribution < -0.4 is 5.32 Å². The molecule has 84 valence electrons. The van der Waals surface area contributed by atoms with Crippen molar-refractivity contribution in [1.29, 1.82) is 0 Å². The molecule has 0 saturated heterocycles. The molecule has 16 heavy (non-hydrogen) atoms. The first-order valence-corrected chi connectivity index (χ1v) is 6.13. The van der Waals surface area contributed by atoms with Crippen LogP contribution in [0.15, 0.2) is 45.5 Å². The second kappa shape index (κ2) is 5.32. The summed E-state index contributed by atoms with van der Waals surface area (Å²) in [6.45, 7) is 3.98. The van der Waals surface area contributed by atoms with Gasteiger partial charge in [-0.3, -0.25) is 0 Å². The summed E-state index contributed by atoms with van der Waals surface area (Å²) in [4.78, 5) is 0. The molecule has 0 atom stereocenters. The highest BCUT2D eigenvalue weighted by atomic mass is 79.9. The van der Waals surface area contributed by atoms with E-state index in [4.69, 9.17) is 4.42 Å². The van der Waals surface area contributed by atoms with Gasteiger partial charge in [-0.25, -0.2) is 0 Å². The highest BCUT2D eigenvalue weighted by Crippen LogP contribution is 2.29. The Morgan fingerprint density at radius 1 is 1.31 bits per heavy atom. The molecule has 2 rings (SSSR count). The standard InChI is InChI=1S/C13H14BrNO/c1-2-15-9-10-4-3-5-11(8-10)13-12(14)6-7-16-13/h3-8,15H,2,9H2,1H3. The predicted octanol–water partition coefficient (Wildman–Crippen LogP) is 3.82. The minimum atomic E-state index is 0.887. The number of hydrogen-bond donors (Lipinski definition) is 1. The summed E-state index contributed by atoms with van der Waals surface area (Å²) in [5.41, 5.74) is 2.37. The monoisotopic (exact) mass is 279 g/mol. The number of furan rings is 1. The van der Waals surface area contributed by atoms with Gasteiger partial charge in [-0.2, -0.15) is 0 Å². The minimum Gasteiger partial charge on any atom is -0.463 e. The van der Waals surface area contributed by atoms with Crippen molar-refractivity contribution in [2.75, 3.05) is 6.54 Å². The maximum atomic E-state index is 5.44. The van der Waals surface area contributed by atoms with Crippen LogP contribution in [-0.2, 0) is 6.54 Å². The van der Waals surface area contributed by atoms with Gasteiger partial charge in [0, 0.05) is 12.1 Å². The Bertz CT molecular complexity index is 464. The molecule has 0 aliphatic rings. The Balaban J connectivity index is 2.26. The number of hydrogen-bond acceptors (Lipinski definition) is 2. The Hall–Kier alpha value is -1.06. The molecule has 1 N–H and O–H groups in total. The summed E-state index contributed by atoms with van der Waals surface area (Å²) >= 11 is 3.47. The topological polar surface area (TPSA) is 25.2 Å². The van der Waals surface area contributed by atoms with Crippen LogP contribution in [0.25, 0.3) is 11.3 Å². The van der Waals surface area contributed by atoms with Crippen LogP contribution in [0.1, 0.15) is 12.5 Å². The van der Waals surface area contributed by atoms with E-state index < -0.39 is 0 Å². The van der Waals surface area contributed by atoms with E-state index in [9.17, 15) is 0 Å². The lowest BCUT2D eigenvalue weighted by atomic mass is 10.1. The fourth-order valence-corrected chi connectivity index (χ4v) is 2.02. The highest BCUT2D eigenvalue weighted by molar-refractivity contribution is 9.10. The van der Waals surface area contributed by atoms with Gasteiger partial charge in [0.15, 0.2) is 0 Å². The van der Waals surface area contributed by atoms with Crippen LogP contribution in [0, 0.1) is 0 Å². The number of nitrogens with one attached hydrogen (secondary N) is 1. The molecule has 0 radical (unpaired) electrons. The third-order valence-electron chi connectivity index (χ3n) is 2.39. The molecule has 0 amide bonds. The fourth-order valence-electron chi connectivity index (χ4n) is 1.59. The van der Waals surface area contributed by atoms with Crippen molar-refractivity contribution < 1.29 is 4.42 Å². The second-order valence-corrected chi connectivity index (χ2v) is 4.43. The van der Waals surface area contributed by atoms with Crippen molar-refractivity contribution in [1.82, 2.24) is 5.32 Å². The first-order chi connectivity index (χ1) is 7.81. The number of benzene rings is 1. The van der Waals surface area contributed by atoms with Crippen LogP contribution >= 0.6 is 15.9 Å². The molecule has 2 aromatic rings. The average Bonchev–Trinajstić information content (AvgIpc) is 2.73. The first kappa shape index (κ1) is 11.4. The molecule has 0 fully saturated rings. The van der Waals surface area contributed by atoms with E-state index in [1.165, 1.54) is 5.56 Å². The second-order valence-electron chi connectivity index (χ2n) is 3.58. The van der Waals surface area contributed by atoms with Crippen molar-refractivity contribution in [2.24, 2.45) is 0 Å². The van der Waals surface area contributed by atoms with Gasteiger partial charge in [0.25, 0.3) is 0 Å². The summed E-state index contributed by atoms with van der Waals surface area (Å²) in [6, 6.07) is 10.3. The van der Waals surface area contributed by atoms with E-state index in [1.54, 1.807) is 6.26 Å². The minimum absolute atomic E-state index is 0.887. The summed E-state index contributed by atoms with van der Waals surface area (Å²) in [5.74, 6) is 0.887. The quantitative estimate of drug-likeness (QED) is 0.921. The van der Waals surface area contributed by atoms with Crippen LogP contribution in [0.3, 0.4) is 0 Å². The molecule has 0 aliphatic carbocycles. The highest BCUT2D eigenvalue weighted by Gasteiger charge is 2.06. The summed E-state index contributed by atoms with van der Waals surface area (Å²) in [7, 11) is 0. The van der Waals surface area contributed by atoms with Gasteiger partial charge in [0.2, 0.25) is 0 Å². The lowest BCUT2D eigenvalue weighted by molar-refractivity contribution is 0.581. The molecule has 3 heteroatoms. The lowest BCUT2D eigenvalue weighted by Gasteiger charge is -2.04. The van der Waals surface area contributed by atoms with Gasteiger partial charge in [0.1, 0.15) is 5.76 Å². The zero-order chi connectivity index (χ0) is 11.4. The van der Waals surface area contributed by atoms with Gasteiger partial charge in [-0.05, 0) is 40.2 Å². The molecule has 0 spiro atoms. The Labute approximate surface area is 104 Å². The zero-order valence-corrected chi connectivity index (χ0v) is 10.8. The fraction of sp³-hybridized carbons (Fsp3) is 0.231. The van der Waals surface area contributed by atoms with Crippen molar-refractivity contribution in [3.8, 4) is 11.3 Å². The molecule has 0 aliphatic heterocycles. The van der Waals surface area contributed by atoms with Crippen molar-refractivity contribution in [3.63, 3.8) is 0 Å². The maximum Gasteiger partial charge on any atom is 0.148 e. The van der Waals surface area contributed by atoms with E-state index in [-0.39, 0.29) is 0 Å². The van der Waals surface area contributed by atoms with E-state index >= 15 is 0 Å². The van der Waals surface area contributed by atoms with Gasteiger partial charge in [-0.15, -0.1) is 0 Å². The molecule has 1 heterocycles. The summed E-state index contributed by atoms with van der Waals surface area (Å²) in [5, 5.41) is 3.31. The van der Waals surface area contributed by atoms with Crippen LogP contribution in [-0.4, -0.2) is 6.54 Å². The molecular weight excluding hydrogens is 266 g/mol. The third kappa shape index (κ3) is 2.54. The van der Waals surface area contributed by atoms with Crippen molar-refractivity contribution in [2.45, 2.75) is 13.5 Å². The summed E-state index contributed by atoms with van der Waals surface area (Å²) < 4.78 is 6.44. The van der Waals surface area contributed by atoms with Gasteiger partial charge < -0.3 is 9.73 Å². The molecular formula is C13H14BrNO. The van der Waals surface area contributed by atoms with Crippen LogP contribution in [0.2, 0.25) is 0 Å². The Morgan fingerprint density at radius 3 is 2.88 bits per heavy atom. The number of halogens is 1. The smallest absolute Gasteiger partial charge is 0.148 e. The van der Waals surface area contributed by atoms with E-state index in [1.807, 2.05) is 6.07 Å². The number of rotatable bonds is 4. The Kier molecular flexibility index (Phi) is 3.80. The third-order valence-corrected chi connectivity index (χ3v) is 3.01. The molecule has 0 bridgehead atoms. The van der Waals surface area contributed by atoms with Crippen molar-refractivity contribution >= 4 is 15.9 Å². The van der Waals surface area contributed by atoms with Gasteiger partial charge in [0.05, 0.1) is 10.7 Å². The van der Waals surface area contributed by atoms with Gasteiger partial charge >= 0.3 is 0 Å². The first-order valence-electron chi connectivity index (χ1n) is 5.34. The van der Waals surface area contributed by atoms with Crippen molar-refractivity contribution in [3.05, 3.63) is 46.6 Å². The Morgan fingerprint density at radius 2 is 2.19 bits per heavy atom. The molecule has 1 aromatic carbocycles. The zero-order valence-electron chi connectivity index (χ0n) is 9.16. The lowest BCUT2D eigenvalue weighted by Crippen LogP contribution is -2.11. The molecule has 0 unspecified atom stereocenters. The van der Waals surface area contributed by atoms with Crippen LogP contribution in [0.5, 0.6) is 0 Å². The maximum absolute atomic E-state index is 5.44. The van der Waals surface area contributed by atoms with E-state index in [0.29, 0.717) is 0 Å². The van der Waals surface area contributed by atoms with Crippen LogP contribution in [0.4, 0.5) is 0 Å². The predicted molar refractivity (Wildman–Crippen MR) is 69.2 cm³/mol. The van der Waals surface area contributed by atoms with E-state index in [2.05, 4.69) is 52.4 Å². The van der Waals surface area contributed by atoms with Gasteiger partial charge in [-0.1, -0.05) is 25.1 Å². The molecule has 0 saturated carbocycles. The molecule has 1 aromatic heterocycles. The largest absolute Gasteiger partial charge is 0.463 e. The average molecular weight is 280 g/mol.